The normalized spacial score (nSPS) is 14.2. The number of nitrogens with zero attached hydrogens (tertiary/aromatic N) is 1. The molecular weight excluding hydrogens is 226 g/mol. The molecule has 0 radical (unpaired) electrons. The molecule has 0 fully saturated rings. The Kier molecular flexibility index (Phi) is 2.79. The number of benzene rings is 1. The lowest BCUT2D eigenvalue weighted by Gasteiger charge is -2.15. The Morgan fingerprint density at radius 3 is 2.50 bits per heavy atom. The van der Waals surface area contributed by atoms with Crippen LogP contribution in [0.3, 0.4) is 0 Å². The van der Waals surface area contributed by atoms with Crippen LogP contribution in [0.2, 0.25) is 0 Å². The first kappa shape index (κ1) is 10.9. The van der Waals surface area contributed by atoms with E-state index in [1.165, 1.54) is 4.90 Å². The Balaban J connectivity index is 2.25. The van der Waals surface area contributed by atoms with Gasteiger partial charge in [0.1, 0.15) is 0 Å². The largest absolute Gasteiger partial charge is 0.308 e. The van der Waals surface area contributed by atoms with E-state index in [2.05, 4.69) is 6.58 Å². The van der Waals surface area contributed by atoms with Crippen LogP contribution in [-0.2, 0) is 4.79 Å². The van der Waals surface area contributed by atoms with E-state index in [4.69, 9.17) is 11.6 Å². The average molecular weight is 236 g/mol. The molecular formula is C12H10ClNO2. The standard InChI is InChI=1S/C12H10ClNO2/c1-8-9-4-2-3-5-10(9)12(16)14(8)7-6-11(13)15/h2-5H,1,6-7H2. The molecule has 0 saturated heterocycles. The number of halogens is 1. The van der Waals surface area contributed by atoms with Crippen LogP contribution in [-0.4, -0.2) is 22.6 Å². The van der Waals surface area contributed by atoms with Gasteiger partial charge in [-0.25, -0.2) is 0 Å². The zero-order valence-electron chi connectivity index (χ0n) is 8.57. The van der Waals surface area contributed by atoms with Gasteiger partial charge in [-0.3, -0.25) is 9.59 Å². The number of carbonyl (C=O) groups is 2. The van der Waals surface area contributed by atoms with Crippen molar-refractivity contribution in [3.8, 4) is 0 Å². The summed E-state index contributed by atoms with van der Waals surface area (Å²) in [6.45, 7) is 4.14. The van der Waals surface area contributed by atoms with E-state index < -0.39 is 5.24 Å². The van der Waals surface area contributed by atoms with Gasteiger partial charge in [0.05, 0.1) is 0 Å². The third kappa shape index (κ3) is 1.74. The Morgan fingerprint density at radius 1 is 1.31 bits per heavy atom. The van der Waals surface area contributed by atoms with Crippen molar-refractivity contribution < 1.29 is 9.59 Å². The molecule has 3 nitrogen and oxygen atoms in total. The Hall–Kier alpha value is -1.61. The molecule has 1 aromatic rings. The summed E-state index contributed by atoms with van der Waals surface area (Å²) >= 11 is 5.26. The zero-order valence-corrected chi connectivity index (χ0v) is 9.33. The van der Waals surface area contributed by atoms with Gasteiger partial charge in [0, 0.05) is 29.8 Å². The second-order valence-electron chi connectivity index (χ2n) is 3.55. The molecule has 0 bridgehead atoms. The fourth-order valence-corrected chi connectivity index (χ4v) is 1.86. The molecule has 2 rings (SSSR count). The lowest BCUT2D eigenvalue weighted by Crippen LogP contribution is -2.24. The van der Waals surface area contributed by atoms with Gasteiger partial charge >= 0.3 is 0 Å². The van der Waals surface area contributed by atoms with E-state index in [0.717, 1.165) is 5.56 Å². The number of amides is 1. The number of fused-ring (bicyclic) bond motifs is 1. The number of carbonyl (C=O) groups excluding carboxylic acids is 2. The lowest BCUT2D eigenvalue weighted by atomic mass is 10.1. The summed E-state index contributed by atoms with van der Waals surface area (Å²) in [6.07, 6.45) is 0.139. The molecule has 0 spiro atoms. The summed E-state index contributed by atoms with van der Waals surface area (Å²) in [6, 6.07) is 7.26. The van der Waals surface area contributed by atoms with Gasteiger partial charge in [-0.2, -0.15) is 0 Å². The smallest absolute Gasteiger partial charge is 0.258 e. The molecule has 1 heterocycles. The molecule has 0 aromatic heterocycles. The van der Waals surface area contributed by atoms with Gasteiger partial charge < -0.3 is 4.90 Å². The minimum absolute atomic E-state index is 0.112. The van der Waals surface area contributed by atoms with E-state index in [-0.39, 0.29) is 18.9 Å². The highest BCUT2D eigenvalue weighted by molar-refractivity contribution is 6.63. The first-order valence-corrected chi connectivity index (χ1v) is 5.27. The fourth-order valence-electron chi connectivity index (χ4n) is 1.77. The van der Waals surface area contributed by atoms with Crippen molar-refractivity contribution >= 4 is 28.4 Å². The molecule has 0 atom stereocenters. The minimum Gasteiger partial charge on any atom is -0.308 e. The summed E-state index contributed by atoms with van der Waals surface area (Å²) in [5, 5.41) is -0.448. The van der Waals surface area contributed by atoms with Gasteiger partial charge in [0.2, 0.25) is 5.24 Å². The molecule has 1 aliphatic rings. The Labute approximate surface area is 98.3 Å². The first-order valence-electron chi connectivity index (χ1n) is 4.90. The highest BCUT2D eigenvalue weighted by Gasteiger charge is 2.30. The van der Waals surface area contributed by atoms with E-state index >= 15 is 0 Å². The molecule has 82 valence electrons. The van der Waals surface area contributed by atoms with Crippen molar-refractivity contribution in [3.05, 3.63) is 42.0 Å². The Morgan fingerprint density at radius 2 is 1.94 bits per heavy atom. The summed E-state index contributed by atoms with van der Waals surface area (Å²) in [4.78, 5) is 24.1. The summed E-state index contributed by atoms with van der Waals surface area (Å²) in [5.41, 5.74) is 2.10. The first-order chi connectivity index (χ1) is 7.61. The van der Waals surface area contributed by atoms with Crippen molar-refractivity contribution in [3.63, 3.8) is 0 Å². The number of rotatable bonds is 3. The van der Waals surface area contributed by atoms with Crippen LogP contribution in [0, 0.1) is 0 Å². The number of hydrogen-bond donors (Lipinski definition) is 0. The molecule has 0 aliphatic carbocycles. The SMILES string of the molecule is C=C1c2ccccc2C(=O)N1CCC(=O)Cl. The molecule has 16 heavy (non-hydrogen) atoms. The quantitative estimate of drug-likeness (QED) is 0.754. The Bertz CT molecular complexity index is 447. The molecule has 0 N–H and O–H groups in total. The minimum atomic E-state index is -0.448. The monoisotopic (exact) mass is 235 g/mol. The summed E-state index contributed by atoms with van der Waals surface area (Å²) in [5.74, 6) is -0.112. The fraction of sp³-hybridized carbons (Fsp3) is 0.167. The molecule has 1 aliphatic heterocycles. The van der Waals surface area contributed by atoms with E-state index in [9.17, 15) is 9.59 Å². The van der Waals surface area contributed by atoms with Crippen LogP contribution in [0.1, 0.15) is 22.3 Å². The second-order valence-corrected chi connectivity index (χ2v) is 3.98. The molecule has 1 aromatic carbocycles. The molecule has 4 heteroatoms. The van der Waals surface area contributed by atoms with Gasteiger partial charge in [0.25, 0.3) is 5.91 Å². The second kappa shape index (κ2) is 4.10. The maximum Gasteiger partial charge on any atom is 0.258 e. The van der Waals surface area contributed by atoms with Crippen LogP contribution >= 0.6 is 11.6 Å². The molecule has 0 saturated carbocycles. The van der Waals surface area contributed by atoms with Crippen LogP contribution < -0.4 is 0 Å². The van der Waals surface area contributed by atoms with Crippen molar-refractivity contribution in [1.29, 1.82) is 0 Å². The van der Waals surface area contributed by atoms with E-state index in [0.29, 0.717) is 11.3 Å². The lowest BCUT2D eigenvalue weighted by molar-refractivity contribution is -0.111. The highest BCUT2D eigenvalue weighted by atomic mass is 35.5. The topological polar surface area (TPSA) is 37.4 Å². The van der Waals surface area contributed by atoms with E-state index in [1.54, 1.807) is 12.1 Å². The maximum atomic E-state index is 11.9. The zero-order chi connectivity index (χ0) is 11.7. The molecule has 1 amide bonds. The third-order valence-corrected chi connectivity index (χ3v) is 2.76. The van der Waals surface area contributed by atoms with Crippen molar-refractivity contribution in [2.24, 2.45) is 0 Å². The van der Waals surface area contributed by atoms with Crippen molar-refractivity contribution in [2.75, 3.05) is 6.54 Å². The van der Waals surface area contributed by atoms with E-state index in [1.807, 2.05) is 12.1 Å². The predicted molar refractivity (Wildman–Crippen MR) is 62.0 cm³/mol. The van der Waals surface area contributed by atoms with Gasteiger partial charge in [-0.1, -0.05) is 24.8 Å². The van der Waals surface area contributed by atoms with Crippen molar-refractivity contribution in [1.82, 2.24) is 4.90 Å². The average Bonchev–Trinajstić information content (AvgIpc) is 2.50. The summed E-state index contributed by atoms with van der Waals surface area (Å²) < 4.78 is 0. The predicted octanol–water partition coefficient (Wildman–Crippen LogP) is 2.27. The maximum absolute atomic E-state index is 11.9. The highest BCUT2D eigenvalue weighted by Crippen LogP contribution is 2.30. The van der Waals surface area contributed by atoms with Gasteiger partial charge in [0.15, 0.2) is 0 Å². The third-order valence-electron chi connectivity index (χ3n) is 2.57. The van der Waals surface area contributed by atoms with Crippen LogP contribution in [0.4, 0.5) is 0 Å². The van der Waals surface area contributed by atoms with Crippen LogP contribution in [0.5, 0.6) is 0 Å². The van der Waals surface area contributed by atoms with Crippen LogP contribution in [0.15, 0.2) is 30.8 Å². The van der Waals surface area contributed by atoms with Crippen molar-refractivity contribution in [2.45, 2.75) is 6.42 Å². The van der Waals surface area contributed by atoms with Gasteiger partial charge in [-0.15, -0.1) is 0 Å². The molecule has 0 unspecified atom stereocenters. The van der Waals surface area contributed by atoms with Gasteiger partial charge in [-0.05, 0) is 17.7 Å². The number of hydrogen-bond acceptors (Lipinski definition) is 2. The summed E-state index contributed by atoms with van der Waals surface area (Å²) in [7, 11) is 0. The van der Waals surface area contributed by atoms with Crippen LogP contribution in [0.25, 0.3) is 5.70 Å².